The van der Waals surface area contributed by atoms with Gasteiger partial charge in [-0.05, 0) is 45.1 Å². The smallest absolute Gasteiger partial charge is 0.239 e. The van der Waals surface area contributed by atoms with E-state index in [0.29, 0.717) is 5.92 Å². The van der Waals surface area contributed by atoms with Crippen molar-refractivity contribution in [1.29, 1.82) is 0 Å². The molecule has 4 heteroatoms. The Hall–Kier alpha value is -0.610. The summed E-state index contributed by atoms with van der Waals surface area (Å²) in [5.41, 5.74) is 0. The molecular formula is C13H24N2O2. The minimum Gasteiger partial charge on any atom is -0.396 e. The van der Waals surface area contributed by atoms with Crippen LogP contribution in [0.2, 0.25) is 0 Å². The van der Waals surface area contributed by atoms with E-state index in [1.165, 1.54) is 6.42 Å². The molecule has 2 unspecified atom stereocenters. The minimum absolute atomic E-state index is 0.00958. The summed E-state index contributed by atoms with van der Waals surface area (Å²) in [6.45, 7) is 5.95. The molecule has 0 saturated carbocycles. The first-order chi connectivity index (χ1) is 8.22. The van der Waals surface area contributed by atoms with Gasteiger partial charge in [0.25, 0.3) is 0 Å². The van der Waals surface area contributed by atoms with E-state index in [1.54, 1.807) is 0 Å². The van der Waals surface area contributed by atoms with Crippen LogP contribution in [0.3, 0.4) is 0 Å². The van der Waals surface area contributed by atoms with Crippen molar-refractivity contribution in [3.63, 3.8) is 0 Å². The van der Waals surface area contributed by atoms with Gasteiger partial charge in [-0.1, -0.05) is 0 Å². The van der Waals surface area contributed by atoms with Crippen LogP contribution in [-0.4, -0.2) is 59.6 Å². The number of hydrogen-bond donors (Lipinski definition) is 1. The molecule has 0 aromatic heterocycles. The van der Waals surface area contributed by atoms with Crippen molar-refractivity contribution in [3.8, 4) is 0 Å². The van der Waals surface area contributed by atoms with E-state index < -0.39 is 0 Å². The minimum atomic E-state index is -0.00958. The molecule has 2 aliphatic rings. The molecule has 1 N–H and O–H groups in total. The third-order valence-electron chi connectivity index (χ3n) is 4.15. The zero-order chi connectivity index (χ0) is 12.3. The zero-order valence-corrected chi connectivity index (χ0v) is 10.8. The molecule has 0 spiro atoms. The fourth-order valence-corrected chi connectivity index (χ4v) is 2.90. The summed E-state index contributed by atoms with van der Waals surface area (Å²) >= 11 is 0. The Morgan fingerprint density at radius 3 is 2.59 bits per heavy atom. The molecule has 0 aromatic rings. The summed E-state index contributed by atoms with van der Waals surface area (Å²) in [6.07, 6.45) is 4.58. The van der Waals surface area contributed by atoms with Gasteiger partial charge in [-0.2, -0.15) is 0 Å². The number of piperidine rings is 1. The Bertz CT molecular complexity index is 264. The quantitative estimate of drug-likeness (QED) is 0.790. The normalized spacial score (nSPS) is 28.4. The molecule has 0 radical (unpaired) electrons. The largest absolute Gasteiger partial charge is 0.396 e. The molecule has 17 heavy (non-hydrogen) atoms. The number of carbonyl (C=O) groups is 1. The highest BCUT2D eigenvalue weighted by atomic mass is 16.3. The lowest BCUT2D eigenvalue weighted by molar-refractivity contribution is -0.137. The van der Waals surface area contributed by atoms with Crippen molar-refractivity contribution < 1.29 is 9.90 Å². The van der Waals surface area contributed by atoms with E-state index in [-0.39, 0.29) is 18.6 Å². The number of rotatable bonds is 3. The lowest BCUT2D eigenvalue weighted by Crippen LogP contribution is -2.48. The zero-order valence-electron chi connectivity index (χ0n) is 10.8. The van der Waals surface area contributed by atoms with E-state index in [1.807, 2.05) is 11.8 Å². The number of aliphatic hydroxyl groups is 1. The second-order valence-corrected chi connectivity index (χ2v) is 5.39. The maximum atomic E-state index is 12.3. The van der Waals surface area contributed by atoms with Crippen molar-refractivity contribution in [2.75, 3.05) is 32.8 Å². The van der Waals surface area contributed by atoms with E-state index in [4.69, 9.17) is 5.11 Å². The number of likely N-dealkylation sites (tertiary alicyclic amines) is 2. The van der Waals surface area contributed by atoms with Gasteiger partial charge in [-0.15, -0.1) is 0 Å². The Morgan fingerprint density at radius 1 is 1.29 bits per heavy atom. The van der Waals surface area contributed by atoms with E-state index in [2.05, 4.69) is 4.90 Å². The lowest BCUT2D eigenvalue weighted by atomic mass is 10.1. The highest BCUT2D eigenvalue weighted by Gasteiger charge is 2.31. The lowest BCUT2D eigenvalue weighted by Gasteiger charge is -2.32. The van der Waals surface area contributed by atoms with Crippen LogP contribution in [0.1, 0.15) is 32.6 Å². The average Bonchev–Trinajstić information content (AvgIpc) is 2.87. The summed E-state index contributed by atoms with van der Waals surface area (Å²) in [5.74, 6) is 0.648. The van der Waals surface area contributed by atoms with Gasteiger partial charge in [0.05, 0.1) is 6.04 Å². The van der Waals surface area contributed by atoms with Crippen LogP contribution < -0.4 is 0 Å². The number of hydrogen-bond acceptors (Lipinski definition) is 3. The van der Waals surface area contributed by atoms with Gasteiger partial charge in [0, 0.05) is 26.2 Å². The van der Waals surface area contributed by atoms with E-state index >= 15 is 0 Å². The fraction of sp³-hybridized carbons (Fsp3) is 0.923. The van der Waals surface area contributed by atoms with Gasteiger partial charge in [-0.25, -0.2) is 0 Å². The maximum Gasteiger partial charge on any atom is 0.239 e. The second kappa shape index (κ2) is 5.83. The van der Waals surface area contributed by atoms with Crippen LogP contribution in [0.25, 0.3) is 0 Å². The van der Waals surface area contributed by atoms with Gasteiger partial charge in [0.1, 0.15) is 0 Å². The first-order valence-electron chi connectivity index (χ1n) is 6.86. The van der Waals surface area contributed by atoms with Gasteiger partial charge in [0.2, 0.25) is 5.91 Å². The summed E-state index contributed by atoms with van der Waals surface area (Å²) in [5, 5.41) is 9.13. The molecule has 2 saturated heterocycles. The highest BCUT2D eigenvalue weighted by molar-refractivity contribution is 5.81. The van der Waals surface area contributed by atoms with Crippen molar-refractivity contribution in [3.05, 3.63) is 0 Å². The number of nitrogens with zero attached hydrogens (tertiary/aromatic N) is 2. The first-order valence-corrected chi connectivity index (χ1v) is 6.86. The topological polar surface area (TPSA) is 43.8 Å². The summed E-state index contributed by atoms with van der Waals surface area (Å²) < 4.78 is 0. The van der Waals surface area contributed by atoms with Crippen LogP contribution in [-0.2, 0) is 4.79 Å². The summed E-state index contributed by atoms with van der Waals surface area (Å²) in [7, 11) is 0. The Kier molecular flexibility index (Phi) is 4.40. The number of aliphatic hydroxyl groups excluding tert-OH is 1. The van der Waals surface area contributed by atoms with Gasteiger partial charge in [-0.3, -0.25) is 9.69 Å². The van der Waals surface area contributed by atoms with Gasteiger partial charge in [0.15, 0.2) is 0 Å². The van der Waals surface area contributed by atoms with Crippen molar-refractivity contribution in [1.82, 2.24) is 9.80 Å². The molecule has 2 fully saturated rings. The van der Waals surface area contributed by atoms with Crippen LogP contribution in [0.15, 0.2) is 0 Å². The van der Waals surface area contributed by atoms with Crippen LogP contribution in [0, 0.1) is 5.92 Å². The summed E-state index contributed by atoms with van der Waals surface area (Å²) in [6, 6.07) is -0.00958. The van der Waals surface area contributed by atoms with Crippen LogP contribution >= 0.6 is 0 Å². The predicted molar refractivity (Wildman–Crippen MR) is 66.7 cm³/mol. The van der Waals surface area contributed by atoms with Crippen LogP contribution in [0.4, 0.5) is 0 Å². The molecule has 0 aromatic carbocycles. The molecular weight excluding hydrogens is 216 g/mol. The SMILES string of the molecule is CC(C(=O)N1CCCCC1)N1CCC(CO)C1. The summed E-state index contributed by atoms with van der Waals surface area (Å²) in [4.78, 5) is 16.5. The molecule has 0 aliphatic carbocycles. The molecule has 4 nitrogen and oxygen atoms in total. The number of carbonyl (C=O) groups excluding carboxylic acids is 1. The predicted octanol–water partition coefficient (Wildman–Crippen LogP) is 0.702. The molecule has 0 bridgehead atoms. The molecule has 2 heterocycles. The highest BCUT2D eigenvalue weighted by Crippen LogP contribution is 2.20. The Balaban J connectivity index is 1.86. The Morgan fingerprint density at radius 2 is 2.00 bits per heavy atom. The first kappa shape index (κ1) is 12.8. The standard InChI is InChI=1S/C13H24N2O2/c1-11(15-8-5-12(9-15)10-16)13(17)14-6-3-2-4-7-14/h11-12,16H,2-10H2,1H3. The van der Waals surface area contributed by atoms with Gasteiger partial charge >= 0.3 is 0 Å². The van der Waals surface area contributed by atoms with Gasteiger partial charge < -0.3 is 10.0 Å². The Labute approximate surface area is 104 Å². The molecule has 98 valence electrons. The fourth-order valence-electron chi connectivity index (χ4n) is 2.90. The third kappa shape index (κ3) is 2.99. The third-order valence-corrected chi connectivity index (χ3v) is 4.15. The van der Waals surface area contributed by atoms with E-state index in [0.717, 1.165) is 45.4 Å². The second-order valence-electron chi connectivity index (χ2n) is 5.39. The molecule has 2 atom stereocenters. The number of amides is 1. The average molecular weight is 240 g/mol. The molecule has 2 aliphatic heterocycles. The van der Waals surface area contributed by atoms with Crippen molar-refractivity contribution >= 4 is 5.91 Å². The molecule has 1 amide bonds. The van der Waals surface area contributed by atoms with Crippen LogP contribution in [0.5, 0.6) is 0 Å². The monoisotopic (exact) mass is 240 g/mol. The maximum absolute atomic E-state index is 12.3. The van der Waals surface area contributed by atoms with Crippen molar-refractivity contribution in [2.24, 2.45) is 5.92 Å². The van der Waals surface area contributed by atoms with E-state index in [9.17, 15) is 4.79 Å². The van der Waals surface area contributed by atoms with Crippen molar-refractivity contribution in [2.45, 2.75) is 38.6 Å². The molecule has 2 rings (SSSR count).